The summed E-state index contributed by atoms with van der Waals surface area (Å²) >= 11 is 0. The first-order valence-electron chi connectivity index (χ1n) is 12.8. The van der Waals surface area contributed by atoms with Crippen molar-refractivity contribution in [2.24, 2.45) is 0 Å². The number of nitrogens with zero attached hydrogens (tertiary/aromatic N) is 4. The largest absolute Gasteiger partial charge is 0.325 e. The summed E-state index contributed by atoms with van der Waals surface area (Å²) < 4.78 is 16.1. The lowest BCUT2D eigenvalue weighted by molar-refractivity contribution is 0.0869. The molecular formula is C28H37Cl2FN4. The van der Waals surface area contributed by atoms with E-state index in [0.29, 0.717) is 24.0 Å². The summed E-state index contributed by atoms with van der Waals surface area (Å²) in [5.74, 6) is 1.57. The molecule has 3 aromatic rings. The molecule has 0 aliphatic carbocycles. The van der Waals surface area contributed by atoms with Gasteiger partial charge in [-0.2, -0.15) is 0 Å². The van der Waals surface area contributed by atoms with Crippen LogP contribution in [0.25, 0.3) is 11.0 Å². The summed E-state index contributed by atoms with van der Waals surface area (Å²) in [7, 11) is 0. The number of para-hydroxylation sites is 2. The molecule has 190 valence electrons. The Bertz CT molecular complexity index is 1110. The van der Waals surface area contributed by atoms with E-state index < -0.39 is 0 Å². The first-order chi connectivity index (χ1) is 16.2. The van der Waals surface area contributed by atoms with Crippen molar-refractivity contribution in [3.63, 3.8) is 0 Å². The van der Waals surface area contributed by atoms with Crippen molar-refractivity contribution < 1.29 is 4.39 Å². The molecule has 3 aliphatic heterocycles. The van der Waals surface area contributed by atoms with E-state index in [1.165, 1.54) is 49.9 Å². The van der Waals surface area contributed by atoms with Crippen LogP contribution in [0.5, 0.6) is 0 Å². The minimum Gasteiger partial charge on any atom is -0.325 e. The fourth-order valence-corrected chi connectivity index (χ4v) is 6.95. The molecule has 6 rings (SSSR count). The van der Waals surface area contributed by atoms with Crippen molar-refractivity contribution >= 4 is 35.8 Å². The van der Waals surface area contributed by atoms with Crippen LogP contribution < -0.4 is 0 Å². The van der Waals surface area contributed by atoms with Crippen molar-refractivity contribution in [2.45, 2.75) is 69.5 Å². The lowest BCUT2D eigenvalue weighted by Crippen LogP contribution is -2.47. The molecule has 0 radical (unpaired) electrons. The van der Waals surface area contributed by atoms with Gasteiger partial charge in [-0.15, -0.1) is 24.8 Å². The van der Waals surface area contributed by atoms with Crippen LogP contribution in [0.1, 0.15) is 61.9 Å². The van der Waals surface area contributed by atoms with E-state index in [1.807, 2.05) is 6.07 Å². The van der Waals surface area contributed by atoms with Crippen LogP contribution in [0.3, 0.4) is 0 Å². The number of likely N-dealkylation sites (tertiary alicyclic amines) is 1. The second kappa shape index (κ2) is 11.2. The monoisotopic (exact) mass is 518 g/mol. The molecule has 3 saturated heterocycles. The Morgan fingerprint density at radius 2 is 1.57 bits per heavy atom. The molecule has 0 amide bonds. The molecule has 4 nitrogen and oxygen atoms in total. The highest BCUT2D eigenvalue weighted by Gasteiger charge is 2.41. The molecule has 3 aliphatic rings. The van der Waals surface area contributed by atoms with Gasteiger partial charge in [0.1, 0.15) is 11.6 Å². The molecule has 2 bridgehead atoms. The third-order valence-corrected chi connectivity index (χ3v) is 8.58. The quantitative estimate of drug-likeness (QED) is 0.391. The Kier molecular flexibility index (Phi) is 8.42. The van der Waals surface area contributed by atoms with Gasteiger partial charge in [-0.05, 0) is 94.3 Å². The molecule has 7 heteroatoms. The number of hydrogen-bond acceptors (Lipinski definition) is 3. The average molecular weight is 520 g/mol. The Labute approximate surface area is 220 Å². The third-order valence-electron chi connectivity index (χ3n) is 8.58. The second-order valence-electron chi connectivity index (χ2n) is 10.4. The van der Waals surface area contributed by atoms with E-state index >= 15 is 0 Å². The number of halogens is 3. The highest BCUT2D eigenvalue weighted by Crippen LogP contribution is 2.42. The maximum Gasteiger partial charge on any atom is 0.123 e. The van der Waals surface area contributed by atoms with Crippen molar-refractivity contribution in [2.75, 3.05) is 26.2 Å². The van der Waals surface area contributed by atoms with Crippen molar-refractivity contribution in [1.29, 1.82) is 0 Å². The zero-order chi connectivity index (χ0) is 22.4. The predicted molar refractivity (Wildman–Crippen MR) is 146 cm³/mol. The highest BCUT2D eigenvalue weighted by molar-refractivity contribution is 5.85. The SMILES string of the molecule is Cc1nc2ccccc2n1C1CC2CCC(C1)N2CCN1CCC(c2cccc(F)c2)CC1.Cl.Cl. The van der Waals surface area contributed by atoms with Gasteiger partial charge < -0.3 is 9.47 Å². The summed E-state index contributed by atoms with van der Waals surface area (Å²) in [6.45, 7) is 6.79. The fourth-order valence-electron chi connectivity index (χ4n) is 6.95. The van der Waals surface area contributed by atoms with E-state index in [-0.39, 0.29) is 30.6 Å². The van der Waals surface area contributed by atoms with E-state index in [2.05, 4.69) is 51.6 Å². The fraction of sp³-hybridized carbons (Fsp3) is 0.536. The lowest BCUT2D eigenvalue weighted by Gasteiger charge is -2.41. The van der Waals surface area contributed by atoms with Crippen molar-refractivity contribution in [3.8, 4) is 0 Å². The summed E-state index contributed by atoms with van der Waals surface area (Å²) in [5, 5.41) is 0. The first-order valence-corrected chi connectivity index (χ1v) is 12.8. The molecule has 2 unspecified atom stereocenters. The number of imidazole rings is 1. The predicted octanol–water partition coefficient (Wildman–Crippen LogP) is 6.37. The number of benzene rings is 2. The average Bonchev–Trinajstić information content (AvgIpc) is 3.29. The molecule has 0 saturated carbocycles. The summed E-state index contributed by atoms with van der Waals surface area (Å²) in [5.41, 5.74) is 3.61. The molecule has 0 spiro atoms. The van der Waals surface area contributed by atoms with Crippen LogP contribution >= 0.6 is 24.8 Å². The zero-order valence-corrected chi connectivity index (χ0v) is 22.1. The van der Waals surface area contributed by atoms with Gasteiger partial charge in [0.2, 0.25) is 0 Å². The zero-order valence-electron chi connectivity index (χ0n) is 20.5. The van der Waals surface area contributed by atoms with Gasteiger partial charge in [0.05, 0.1) is 11.0 Å². The number of piperidine rings is 2. The maximum atomic E-state index is 13.6. The smallest absolute Gasteiger partial charge is 0.123 e. The number of hydrogen-bond donors (Lipinski definition) is 0. The molecule has 2 aromatic carbocycles. The van der Waals surface area contributed by atoms with Crippen LogP contribution in [0, 0.1) is 12.7 Å². The molecule has 2 atom stereocenters. The van der Waals surface area contributed by atoms with Crippen molar-refractivity contribution in [3.05, 3.63) is 65.7 Å². The minimum absolute atomic E-state index is 0. The van der Waals surface area contributed by atoms with Crippen LogP contribution in [-0.2, 0) is 0 Å². The number of rotatable bonds is 5. The number of aryl methyl sites for hydroxylation is 1. The van der Waals surface area contributed by atoms with Gasteiger partial charge >= 0.3 is 0 Å². The molecule has 3 fully saturated rings. The van der Waals surface area contributed by atoms with Gasteiger partial charge in [-0.3, -0.25) is 4.90 Å². The topological polar surface area (TPSA) is 24.3 Å². The van der Waals surface area contributed by atoms with E-state index in [1.54, 1.807) is 12.1 Å². The van der Waals surface area contributed by atoms with E-state index in [9.17, 15) is 4.39 Å². The van der Waals surface area contributed by atoms with Crippen LogP contribution in [0.2, 0.25) is 0 Å². The summed E-state index contributed by atoms with van der Waals surface area (Å²) in [4.78, 5) is 10.3. The van der Waals surface area contributed by atoms with Gasteiger partial charge in [-0.1, -0.05) is 24.3 Å². The van der Waals surface area contributed by atoms with Crippen LogP contribution in [0.4, 0.5) is 4.39 Å². The minimum atomic E-state index is -0.104. The Morgan fingerprint density at radius 3 is 2.29 bits per heavy atom. The summed E-state index contributed by atoms with van der Waals surface area (Å²) in [6.07, 6.45) is 7.47. The van der Waals surface area contributed by atoms with E-state index in [4.69, 9.17) is 4.98 Å². The normalized spacial score (nSPS) is 25.4. The third kappa shape index (κ3) is 5.24. The Morgan fingerprint density at radius 1 is 0.857 bits per heavy atom. The first kappa shape index (κ1) is 26.4. The summed E-state index contributed by atoms with van der Waals surface area (Å²) in [6, 6.07) is 17.8. The molecular weight excluding hydrogens is 482 g/mol. The number of aromatic nitrogens is 2. The number of fused-ring (bicyclic) bond motifs is 3. The second-order valence-corrected chi connectivity index (χ2v) is 10.4. The van der Waals surface area contributed by atoms with Crippen LogP contribution in [0.15, 0.2) is 48.5 Å². The van der Waals surface area contributed by atoms with Gasteiger partial charge in [0.15, 0.2) is 0 Å². The molecule has 35 heavy (non-hydrogen) atoms. The van der Waals surface area contributed by atoms with Gasteiger partial charge in [0, 0.05) is 31.2 Å². The van der Waals surface area contributed by atoms with Crippen molar-refractivity contribution in [1.82, 2.24) is 19.4 Å². The Balaban J connectivity index is 0.00000144. The molecule has 1 aromatic heterocycles. The highest BCUT2D eigenvalue weighted by atomic mass is 35.5. The van der Waals surface area contributed by atoms with Gasteiger partial charge in [0.25, 0.3) is 0 Å². The molecule has 4 heterocycles. The Hall–Kier alpha value is -1.66. The van der Waals surface area contributed by atoms with E-state index in [0.717, 1.165) is 37.3 Å². The molecule has 0 N–H and O–H groups in total. The maximum absolute atomic E-state index is 13.6. The lowest BCUT2D eigenvalue weighted by atomic mass is 9.89. The standard InChI is InChI=1S/C28H35FN4.2ClH/c1-20-30-27-7-2-3-8-28(27)33(20)26-18-24-9-10-25(19-26)32(24)16-15-31-13-11-21(12-14-31)22-5-4-6-23(29)17-22;;/h2-8,17,21,24-26H,9-16,18-19H2,1H3;2*1H. The van der Waals surface area contributed by atoms with Gasteiger partial charge in [-0.25, -0.2) is 9.37 Å². The van der Waals surface area contributed by atoms with Crippen LogP contribution in [-0.4, -0.2) is 57.6 Å².